The Morgan fingerprint density at radius 3 is 2.47 bits per heavy atom. The molecule has 2 amide bonds. The predicted molar refractivity (Wildman–Crippen MR) is 61.6 cm³/mol. The van der Waals surface area contributed by atoms with Crippen LogP contribution in [-0.4, -0.2) is 28.7 Å². The van der Waals surface area contributed by atoms with Gasteiger partial charge in [0.1, 0.15) is 6.61 Å². The Morgan fingerprint density at radius 1 is 1.29 bits per heavy atom. The summed E-state index contributed by atoms with van der Waals surface area (Å²) >= 11 is 0. The zero-order valence-electron chi connectivity index (χ0n) is 9.63. The predicted octanol–water partition coefficient (Wildman–Crippen LogP) is 2.71. The summed E-state index contributed by atoms with van der Waals surface area (Å²) in [4.78, 5) is 22.9. The minimum absolute atomic E-state index is 0.0766. The first-order chi connectivity index (χ1) is 8.15. The van der Waals surface area contributed by atoms with Crippen LogP contribution in [0, 0.1) is 0 Å². The molecule has 1 rings (SSSR count). The van der Waals surface area contributed by atoms with Crippen molar-refractivity contribution in [2.24, 2.45) is 0 Å². The highest BCUT2D eigenvalue weighted by Gasteiger charge is 2.20. The molecule has 0 fully saturated rings. The first-order valence-electron chi connectivity index (χ1n) is 5.36. The van der Waals surface area contributed by atoms with Crippen molar-refractivity contribution in [2.45, 2.75) is 20.0 Å². The van der Waals surface area contributed by atoms with E-state index in [0.717, 1.165) is 5.56 Å². The first kappa shape index (κ1) is 13.0. The number of carbonyl (C=O) groups excluding carboxylic acids is 1. The standard InChI is InChI=1S/C12H15NO4/c1-2-8-13(11(14)15)12(16)17-9-10-6-4-3-5-7-10/h3-7H,2,8-9H2,1H3,(H,14,15). The van der Waals surface area contributed by atoms with Gasteiger partial charge in [-0.25, -0.2) is 14.5 Å². The Balaban J connectivity index is 2.50. The molecule has 5 heteroatoms. The Morgan fingerprint density at radius 2 is 1.94 bits per heavy atom. The molecular weight excluding hydrogens is 222 g/mol. The minimum atomic E-state index is -1.29. The summed E-state index contributed by atoms with van der Waals surface area (Å²) in [6, 6.07) is 9.11. The van der Waals surface area contributed by atoms with Gasteiger partial charge >= 0.3 is 12.2 Å². The van der Waals surface area contributed by atoms with Gasteiger partial charge in [0.05, 0.1) is 0 Å². The van der Waals surface area contributed by atoms with E-state index in [4.69, 9.17) is 9.84 Å². The fraction of sp³-hybridized carbons (Fsp3) is 0.333. The third-order valence-corrected chi connectivity index (χ3v) is 2.10. The van der Waals surface area contributed by atoms with E-state index < -0.39 is 12.2 Å². The van der Waals surface area contributed by atoms with Crippen LogP contribution in [0.2, 0.25) is 0 Å². The Bertz CT molecular complexity index is 377. The highest BCUT2D eigenvalue weighted by atomic mass is 16.6. The second-order valence-electron chi connectivity index (χ2n) is 3.47. The van der Waals surface area contributed by atoms with Gasteiger partial charge in [-0.15, -0.1) is 0 Å². The highest BCUT2D eigenvalue weighted by Crippen LogP contribution is 2.04. The molecule has 0 atom stereocenters. The molecule has 17 heavy (non-hydrogen) atoms. The lowest BCUT2D eigenvalue weighted by molar-refractivity contribution is 0.0897. The zero-order valence-corrected chi connectivity index (χ0v) is 9.63. The number of benzene rings is 1. The maximum absolute atomic E-state index is 11.5. The average molecular weight is 237 g/mol. The van der Waals surface area contributed by atoms with E-state index in [2.05, 4.69) is 0 Å². The van der Waals surface area contributed by atoms with Crippen molar-refractivity contribution in [1.29, 1.82) is 0 Å². The number of rotatable bonds is 4. The summed E-state index contributed by atoms with van der Waals surface area (Å²) in [6.07, 6.45) is -1.56. The minimum Gasteiger partial charge on any atom is -0.465 e. The van der Waals surface area contributed by atoms with Crippen molar-refractivity contribution < 1.29 is 19.4 Å². The number of amides is 2. The van der Waals surface area contributed by atoms with E-state index in [1.165, 1.54) is 0 Å². The normalized spacial score (nSPS) is 9.71. The number of hydrogen-bond donors (Lipinski definition) is 1. The highest BCUT2D eigenvalue weighted by molar-refractivity contribution is 5.86. The largest absolute Gasteiger partial charge is 0.465 e. The molecule has 5 nitrogen and oxygen atoms in total. The van der Waals surface area contributed by atoms with Gasteiger partial charge in [-0.3, -0.25) is 0 Å². The third kappa shape index (κ3) is 4.14. The van der Waals surface area contributed by atoms with Crippen LogP contribution in [0.1, 0.15) is 18.9 Å². The van der Waals surface area contributed by atoms with Crippen LogP contribution in [0.4, 0.5) is 9.59 Å². The number of imide groups is 1. The van der Waals surface area contributed by atoms with Crippen molar-refractivity contribution >= 4 is 12.2 Å². The van der Waals surface area contributed by atoms with Crippen molar-refractivity contribution in [3.05, 3.63) is 35.9 Å². The molecule has 92 valence electrons. The number of ether oxygens (including phenoxy) is 1. The molecular formula is C12H15NO4. The van der Waals surface area contributed by atoms with Crippen LogP contribution in [-0.2, 0) is 11.3 Å². The zero-order chi connectivity index (χ0) is 12.7. The molecule has 0 aliphatic carbocycles. The van der Waals surface area contributed by atoms with E-state index in [0.29, 0.717) is 11.3 Å². The Kier molecular flexibility index (Phi) is 5.00. The average Bonchev–Trinajstić information content (AvgIpc) is 2.34. The molecule has 1 aromatic rings. The lowest BCUT2D eigenvalue weighted by Gasteiger charge is -2.15. The molecule has 0 radical (unpaired) electrons. The molecule has 1 aromatic carbocycles. The fourth-order valence-electron chi connectivity index (χ4n) is 1.29. The number of hydrogen-bond acceptors (Lipinski definition) is 3. The van der Waals surface area contributed by atoms with Crippen molar-refractivity contribution in [2.75, 3.05) is 6.54 Å². The van der Waals surface area contributed by atoms with E-state index in [1.54, 1.807) is 19.1 Å². The van der Waals surface area contributed by atoms with Crippen LogP contribution in [0.15, 0.2) is 30.3 Å². The van der Waals surface area contributed by atoms with Gasteiger partial charge in [-0.05, 0) is 12.0 Å². The van der Waals surface area contributed by atoms with Crippen molar-refractivity contribution in [3.8, 4) is 0 Å². The van der Waals surface area contributed by atoms with Crippen molar-refractivity contribution in [1.82, 2.24) is 4.90 Å². The summed E-state index contributed by atoms with van der Waals surface area (Å²) in [5.74, 6) is 0. The summed E-state index contributed by atoms with van der Waals surface area (Å²) in [5, 5.41) is 8.80. The fourth-order valence-corrected chi connectivity index (χ4v) is 1.29. The molecule has 0 saturated carbocycles. The molecule has 0 aromatic heterocycles. The number of carbonyl (C=O) groups is 2. The van der Waals surface area contributed by atoms with E-state index >= 15 is 0 Å². The molecule has 0 heterocycles. The Labute approximate surface area is 99.6 Å². The molecule has 0 aliphatic rings. The SMILES string of the molecule is CCCN(C(=O)O)C(=O)OCc1ccccc1. The lowest BCUT2D eigenvalue weighted by atomic mass is 10.2. The van der Waals surface area contributed by atoms with Crippen LogP contribution in [0.3, 0.4) is 0 Å². The van der Waals surface area contributed by atoms with Crippen LogP contribution < -0.4 is 0 Å². The maximum atomic E-state index is 11.5. The monoisotopic (exact) mass is 237 g/mol. The molecule has 0 unspecified atom stereocenters. The quantitative estimate of drug-likeness (QED) is 0.874. The molecule has 0 bridgehead atoms. The van der Waals surface area contributed by atoms with Crippen LogP contribution in [0.25, 0.3) is 0 Å². The summed E-state index contributed by atoms with van der Waals surface area (Å²) in [6.45, 7) is 2.01. The maximum Gasteiger partial charge on any atom is 0.419 e. The van der Waals surface area contributed by atoms with Gasteiger partial charge in [-0.2, -0.15) is 0 Å². The third-order valence-electron chi connectivity index (χ3n) is 2.10. The van der Waals surface area contributed by atoms with Gasteiger partial charge in [-0.1, -0.05) is 37.3 Å². The molecule has 0 aliphatic heterocycles. The van der Waals surface area contributed by atoms with Crippen LogP contribution >= 0.6 is 0 Å². The Hall–Kier alpha value is -2.04. The topological polar surface area (TPSA) is 66.8 Å². The van der Waals surface area contributed by atoms with Crippen LogP contribution in [0.5, 0.6) is 0 Å². The van der Waals surface area contributed by atoms with E-state index in [9.17, 15) is 9.59 Å². The van der Waals surface area contributed by atoms with E-state index in [-0.39, 0.29) is 13.2 Å². The molecule has 0 spiro atoms. The van der Waals surface area contributed by atoms with E-state index in [1.807, 2.05) is 18.2 Å². The van der Waals surface area contributed by atoms with Crippen molar-refractivity contribution in [3.63, 3.8) is 0 Å². The van der Waals surface area contributed by atoms with Gasteiger partial charge in [0.2, 0.25) is 0 Å². The molecule has 0 saturated heterocycles. The summed E-state index contributed by atoms with van der Waals surface area (Å²) in [5.41, 5.74) is 0.822. The summed E-state index contributed by atoms with van der Waals surface area (Å²) < 4.78 is 4.91. The van der Waals surface area contributed by atoms with Gasteiger partial charge in [0.25, 0.3) is 0 Å². The second-order valence-corrected chi connectivity index (χ2v) is 3.47. The summed E-state index contributed by atoms with van der Waals surface area (Å²) in [7, 11) is 0. The van der Waals surface area contributed by atoms with Gasteiger partial charge < -0.3 is 9.84 Å². The number of nitrogens with zero attached hydrogens (tertiary/aromatic N) is 1. The van der Waals surface area contributed by atoms with Gasteiger partial charge in [0.15, 0.2) is 0 Å². The lowest BCUT2D eigenvalue weighted by Crippen LogP contribution is -2.36. The molecule has 1 N–H and O–H groups in total. The first-order valence-corrected chi connectivity index (χ1v) is 5.36. The smallest absolute Gasteiger partial charge is 0.419 e. The second kappa shape index (κ2) is 6.52. The number of carboxylic acid groups (broad SMARTS) is 1. The van der Waals surface area contributed by atoms with Gasteiger partial charge in [0, 0.05) is 6.54 Å².